The molecule has 0 unspecified atom stereocenters. The molecule has 0 fully saturated rings. The van der Waals surface area contributed by atoms with E-state index in [-0.39, 0.29) is 5.95 Å². The predicted octanol–water partition coefficient (Wildman–Crippen LogP) is 0.423. The van der Waals surface area contributed by atoms with Crippen molar-refractivity contribution >= 4 is 5.95 Å². The minimum Gasteiger partial charge on any atom is -0.367 e. The largest absolute Gasteiger partial charge is 0.408 e. The van der Waals surface area contributed by atoms with E-state index in [9.17, 15) is 13.2 Å². The van der Waals surface area contributed by atoms with Crippen LogP contribution in [0.25, 0.3) is 0 Å². The molecule has 1 rings (SSSR count). The van der Waals surface area contributed by atoms with Gasteiger partial charge in [-0.25, -0.2) is 9.67 Å². The van der Waals surface area contributed by atoms with Crippen LogP contribution in [0, 0.1) is 0 Å². The number of anilines is 1. The molecule has 1 heterocycles. The molecular weight excluding hydrogens is 161 g/mol. The summed E-state index contributed by atoms with van der Waals surface area (Å²) in [6, 6.07) is 0. The summed E-state index contributed by atoms with van der Waals surface area (Å²) in [4.78, 5) is 3.33. The Morgan fingerprint density at radius 2 is 2.18 bits per heavy atom. The molecule has 0 aliphatic heterocycles. The monoisotopic (exact) mass is 166 g/mol. The number of aromatic nitrogens is 3. The molecule has 7 heteroatoms. The van der Waals surface area contributed by atoms with Crippen molar-refractivity contribution in [2.45, 2.75) is 12.7 Å². The zero-order valence-electron chi connectivity index (χ0n) is 5.34. The molecule has 1 aromatic rings. The second-order valence-corrected chi connectivity index (χ2v) is 1.92. The van der Waals surface area contributed by atoms with E-state index in [4.69, 9.17) is 5.73 Å². The summed E-state index contributed by atoms with van der Waals surface area (Å²) in [5, 5.41) is 3.26. The summed E-state index contributed by atoms with van der Waals surface area (Å²) in [5.41, 5.74) is 4.99. The number of hydrogen-bond acceptors (Lipinski definition) is 3. The van der Waals surface area contributed by atoms with Crippen LogP contribution in [0.4, 0.5) is 19.1 Å². The fourth-order valence-corrected chi connectivity index (χ4v) is 0.569. The van der Waals surface area contributed by atoms with Gasteiger partial charge >= 0.3 is 6.18 Å². The number of hydrogen-bond donors (Lipinski definition) is 1. The molecule has 0 amide bonds. The smallest absolute Gasteiger partial charge is 0.367 e. The van der Waals surface area contributed by atoms with Crippen LogP contribution in [0.3, 0.4) is 0 Å². The second-order valence-electron chi connectivity index (χ2n) is 1.92. The van der Waals surface area contributed by atoms with Crippen molar-refractivity contribution in [1.29, 1.82) is 0 Å². The lowest BCUT2D eigenvalue weighted by atomic mass is 10.6. The van der Waals surface area contributed by atoms with E-state index < -0.39 is 12.7 Å². The van der Waals surface area contributed by atoms with Gasteiger partial charge in [0.2, 0.25) is 5.95 Å². The Labute approximate surface area is 59.8 Å². The molecule has 0 saturated heterocycles. The maximum atomic E-state index is 11.6. The first-order valence-corrected chi connectivity index (χ1v) is 2.69. The van der Waals surface area contributed by atoms with Gasteiger partial charge in [0.25, 0.3) is 0 Å². The summed E-state index contributed by atoms with van der Waals surface area (Å²) in [7, 11) is 0. The first-order chi connectivity index (χ1) is 4.97. The van der Waals surface area contributed by atoms with Crippen molar-refractivity contribution in [3.05, 3.63) is 6.33 Å². The second kappa shape index (κ2) is 2.40. The molecule has 11 heavy (non-hydrogen) atoms. The first kappa shape index (κ1) is 7.83. The summed E-state index contributed by atoms with van der Waals surface area (Å²) in [5.74, 6) is -0.158. The van der Waals surface area contributed by atoms with Crippen molar-refractivity contribution in [2.75, 3.05) is 5.73 Å². The Bertz CT molecular complexity index is 240. The van der Waals surface area contributed by atoms with Gasteiger partial charge in [0, 0.05) is 0 Å². The molecule has 4 nitrogen and oxygen atoms in total. The molecule has 0 bridgehead atoms. The maximum Gasteiger partial charge on any atom is 0.408 e. The molecule has 0 saturated carbocycles. The molecular formula is C4H5F3N4. The van der Waals surface area contributed by atoms with E-state index in [1.54, 1.807) is 0 Å². The lowest BCUT2D eigenvalue weighted by Gasteiger charge is -2.03. The summed E-state index contributed by atoms with van der Waals surface area (Å²) in [6.45, 7) is -1.16. The third-order valence-corrected chi connectivity index (χ3v) is 0.895. The minimum absolute atomic E-state index is 0.158. The Hall–Kier alpha value is -1.27. The van der Waals surface area contributed by atoms with Crippen molar-refractivity contribution in [3.63, 3.8) is 0 Å². The van der Waals surface area contributed by atoms with Gasteiger partial charge < -0.3 is 5.73 Å². The molecule has 2 N–H and O–H groups in total. The van der Waals surface area contributed by atoms with Crippen LogP contribution in [0.5, 0.6) is 0 Å². The third kappa shape index (κ3) is 2.44. The number of nitrogens with two attached hydrogens (primary N) is 1. The van der Waals surface area contributed by atoms with Gasteiger partial charge in [-0.05, 0) is 0 Å². The summed E-state index contributed by atoms with van der Waals surface area (Å²) >= 11 is 0. The van der Waals surface area contributed by atoms with Gasteiger partial charge in [-0.2, -0.15) is 13.2 Å². The Kier molecular flexibility index (Phi) is 1.71. The quantitative estimate of drug-likeness (QED) is 0.657. The Morgan fingerprint density at radius 3 is 2.55 bits per heavy atom. The van der Waals surface area contributed by atoms with Crippen LogP contribution in [0.15, 0.2) is 6.33 Å². The lowest BCUT2D eigenvalue weighted by Crippen LogP contribution is -2.18. The molecule has 0 aliphatic rings. The highest BCUT2D eigenvalue weighted by Gasteiger charge is 2.28. The lowest BCUT2D eigenvalue weighted by molar-refractivity contribution is -0.142. The first-order valence-electron chi connectivity index (χ1n) is 2.69. The van der Waals surface area contributed by atoms with Crippen molar-refractivity contribution in [1.82, 2.24) is 14.8 Å². The average molecular weight is 166 g/mol. The summed E-state index contributed by atoms with van der Waals surface area (Å²) < 4.78 is 35.5. The zero-order chi connectivity index (χ0) is 8.48. The highest BCUT2D eigenvalue weighted by atomic mass is 19.4. The number of rotatable bonds is 1. The highest BCUT2D eigenvalue weighted by Crippen LogP contribution is 2.16. The molecule has 0 aliphatic carbocycles. The Morgan fingerprint density at radius 1 is 1.55 bits per heavy atom. The van der Waals surface area contributed by atoms with Crippen LogP contribution in [0.1, 0.15) is 0 Å². The maximum absolute atomic E-state index is 11.6. The minimum atomic E-state index is -4.28. The standard InChI is InChI=1S/C4H5F3N4/c5-4(6,7)1-11-2-9-3(8)10-11/h2H,1H2,(H2,8,10). The van der Waals surface area contributed by atoms with Gasteiger partial charge in [-0.1, -0.05) is 0 Å². The van der Waals surface area contributed by atoms with Crippen molar-refractivity contribution in [2.24, 2.45) is 0 Å². The van der Waals surface area contributed by atoms with E-state index in [0.717, 1.165) is 6.33 Å². The third-order valence-electron chi connectivity index (χ3n) is 0.895. The van der Waals surface area contributed by atoms with Gasteiger partial charge in [0.05, 0.1) is 0 Å². The van der Waals surface area contributed by atoms with Crippen LogP contribution in [-0.2, 0) is 6.54 Å². The SMILES string of the molecule is Nc1ncn(CC(F)(F)F)n1. The fraction of sp³-hybridized carbons (Fsp3) is 0.500. The van der Waals surface area contributed by atoms with Crippen molar-refractivity contribution < 1.29 is 13.2 Å². The molecule has 0 atom stereocenters. The van der Waals surface area contributed by atoms with Crippen molar-refractivity contribution in [3.8, 4) is 0 Å². The highest BCUT2D eigenvalue weighted by molar-refractivity contribution is 5.09. The zero-order valence-corrected chi connectivity index (χ0v) is 5.34. The number of nitrogens with zero attached hydrogens (tertiary/aromatic N) is 3. The van der Waals surface area contributed by atoms with Crippen LogP contribution < -0.4 is 5.73 Å². The number of nitrogen functional groups attached to an aromatic ring is 1. The fourth-order valence-electron chi connectivity index (χ4n) is 0.569. The van der Waals surface area contributed by atoms with Gasteiger partial charge in [-0.3, -0.25) is 0 Å². The number of halogens is 3. The van der Waals surface area contributed by atoms with E-state index in [1.165, 1.54) is 0 Å². The predicted molar refractivity (Wildman–Crippen MR) is 30.5 cm³/mol. The van der Waals surface area contributed by atoms with E-state index in [2.05, 4.69) is 10.1 Å². The van der Waals surface area contributed by atoms with Gasteiger partial charge in [0.1, 0.15) is 12.9 Å². The van der Waals surface area contributed by atoms with Gasteiger partial charge in [-0.15, -0.1) is 5.10 Å². The van der Waals surface area contributed by atoms with Crippen LogP contribution >= 0.6 is 0 Å². The topological polar surface area (TPSA) is 56.7 Å². The Balaban J connectivity index is 2.65. The number of alkyl halides is 3. The molecule has 0 aromatic carbocycles. The summed E-state index contributed by atoms with van der Waals surface area (Å²) in [6.07, 6.45) is -3.34. The molecule has 0 radical (unpaired) electrons. The van der Waals surface area contributed by atoms with E-state index >= 15 is 0 Å². The van der Waals surface area contributed by atoms with Crippen LogP contribution in [0.2, 0.25) is 0 Å². The molecule has 1 aromatic heterocycles. The molecule has 0 spiro atoms. The van der Waals surface area contributed by atoms with E-state index in [1.807, 2.05) is 0 Å². The molecule has 62 valence electrons. The normalized spacial score (nSPS) is 11.9. The van der Waals surface area contributed by atoms with Gasteiger partial charge in [0.15, 0.2) is 0 Å². The average Bonchev–Trinajstić information content (AvgIpc) is 2.10. The van der Waals surface area contributed by atoms with E-state index in [0.29, 0.717) is 4.68 Å². The van der Waals surface area contributed by atoms with Crippen LogP contribution in [-0.4, -0.2) is 20.9 Å².